The van der Waals surface area contributed by atoms with Crippen LogP contribution in [0, 0.1) is 0 Å². The van der Waals surface area contributed by atoms with Gasteiger partial charge in [-0.2, -0.15) is 4.89 Å². The lowest BCUT2D eigenvalue weighted by Crippen LogP contribution is -2.13. The molecular weight excluding hydrogens is 264 g/mol. The van der Waals surface area contributed by atoms with E-state index in [2.05, 4.69) is 4.89 Å². The number of benzene rings is 1. The smallest absolute Gasteiger partial charge is 0.373 e. The summed E-state index contributed by atoms with van der Waals surface area (Å²) >= 11 is 0. The molecule has 0 fully saturated rings. The van der Waals surface area contributed by atoms with Crippen molar-refractivity contribution in [2.24, 2.45) is 0 Å². The Morgan fingerprint density at radius 1 is 0.750 bits per heavy atom. The Balaban J connectivity index is 2.03. The van der Waals surface area contributed by atoms with E-state index in [1.165, 1.54) is 24.3 Å². The van der Waals surface area contributed by atoms with Gasteiger partial charge in [0.2, 0.25) is 0 Å². The maximum Gasteiger partial charge on any atom is 0.373 e. The number of rotatable bonds is 0. The van der Waals surface area contributed by atoms with Gasteiger partial charge in [-0.05, 0) is 37.1 Å². The van der Waals surface area contributed by atoms with Crippen LogP contribution in [0.15, 0.2) is 24.3 Å². The average molecular weight is 280 g/mol. The minimum Gasteiger partial charge on any atom is -0.460 e. The van der Waals surface area contributed by atoms with Gasteiger partial charge in [-0.1, -0.05) is 0 Å². The topological polar surface area (TPSA) is 71.1 Å². The molecule has 3 rings (SSSR count). The molecule has 0 amide bonds. The molecule has 6 heteroatoms. The van der Waals surface area contributed by atoms with Crippen LogP contribution in [0.4, 0.5) is 0 Å². The highest BCUT2D eigenvalue weighted by molar-refractivity contribution is 5.93. The first-order chi connectivity index (χ1) is 9.77. The molecule has 6 nitrogen and oxygen atoms in total. The maximum atomic E-state index is 11.7. The van der Waals surface area contributed by atoms with Crippen molar-refractivity contribution >= 4 is 11.9 Å². The number of carbonyl (C=O) groups excluding carboxylic acids is 2. The highest BCUT2D eigenvalue weighted by atomic mass is 17.2. The third-order valence-corrected chi connectivity index (χ3v) is 2.72. The zero-order valence-corrected chi connectivity index (χ0v) is 11.0. The normalized spacial score (nSPS) is 18.4. The van der Waals surface area contributed by atoms with E-state index in [0.29, 0.717) is 37.4 Å². The van der Waals surface area contributed by atoms with Crippen molar-refractivity contribution < 1.29 is 28.8 Å². The van der Waals surface area contributed by atoms with Gasteiger partial charge in [-0.15, -0.1) is 0 Å². The fraction of sp³-hybridized carbons (Fsp3) is 0.429. The predicted molar refractivity (Wildman–Crippen MR) is 68.1 cm³/mol. The molecule has 0 aromatic heterocycles. The van der Waals surface area contributed by atoms with E-state index in [4.69, 9.17) is 14.4 Å². The van der Waals surface area contributed by atoms with Crippen molar-refractivity contribution in [2.75, 3.05) is 26.4 Å². The second-order valence-corrected chi connectivity index (χ2v) is 4.23. The fourth-order valence-electron chi connectivity index (χ4n) is 1.63. The Labute approximate surface area is 116 Å². The monoisotopic (exact) mass is 280 g/mol. The van der Waals surface area contributed by atoms with Crippen molar-refractivity contribution in [3.8, 4) is 0 Å². The minimum atomic E-state index is -0.590. The van der Waals surface area contributed by atoms with Gasteiger partial charge in [-0.3, -0.25) is 4.89 Å². The molecule has 0 unspecified atom stereocenters. The summed E-state index contributed by atoms with van der Waals surface area (Å²) in [5, 5.41) is 0. The second-order valence-electron chi connectivity index (χ2n) is 4.23. The zero-order chi connectivity index (χ0) is 14.2. The third kappa shape index (κ3) is 4.32. The molecule has 0 N–H and O–H groups in total. The molecule has 0 spiro atoms. The molecule has 0 saturated heterocycles. The first-order valence-corrected chi connectivity index (χ1v) is 6.46. The van der Waals surface area contributed by atoms with E-state index in [1.54, 1.807) is 0 Å². The van der Waals surface area contributed by atoms with Gasteiger partial charge in [0.25, 0.3) is 0 Å². The second kappa shape index (κ2) is 7.62. The molecule has 0 saturated carbocycles. The lowest BCUT2D eigenvalue weighted by atomic mass is 10.1. The summed E-state index contributed by atoms with van der Waals surface area (Å²) in [6, 6.07) is 5.99. The van der Waals surface area contributed by atoms with Crippen LogP contribution < -0.4 is 0 Å². The van der Waals surface area contributed by atoms with Crippen LogP contribution in [0.2, 0.25) is 0 Å². The largest absolute Gasteiger partial charge is 0.460 e. The SMILES string of the molecule is O=C1OCCOCCCCOOC(=O)c2ccc1cc2. The summed E-state index contributed by atoms with van der Waals surface area (Å²) in [4.78, 5) is 32.8. The summed E-state index contributed by atoms with van der Waals surface area (Å²) in [6.45, 7) is 1.43. The standard InChI is InChI=1S/C14H16O6/c15-13-11-3-5-12(6-4-11)14(16)20-19-8-2-1-7-17-9-10-18-13/h3-6H,1-2,7-10H2. The van der Waals surface area contributed by atoms with Gasteiger partial charge >= 0.3 is 11.9 Å². The van der Waals surface area contributed by atoms with Crippen LogP contribution >= 0.6 is 0 Å². The van der Waals surface area contributed by atoms with Crippen LogP contribution in [-0.4, -0.2) is 38.4 Å². The molecule has 0 aliphatic carbocycles. The molecule has 2 aliphatic heterocycles. The van der Waals surface area contributed by atoms with Gasteiger partial charge in [0.05, 0.1) is 24.3 Å². The van der Waals surface area contributed by atoms with E-state index in [9.17, 15) is 9.59 Å². The van der Waals surface area contributed by atoms with Gasteiger partial charge in [-0.25, -0.2) is 9.59 Å². The van der Waals surface area contributed by atoms with Crippen LogP contribution in [0.1, 0.15) is 33.6 Å². The van der Waals surface area contributed by atoms with Crippen LogP contribution in [0.5, 0.6) is 0 Å². The van der Waals surface area contributed by atoms with Gasteiger partial charge in [0, 0.05) is 6.61 Å². The van der Waals surface area contributed by atoms with E-state index in [-0.39, 0.29) is 6.61 Å². The summed E-state index contributed by atoms with van der Waals surface area (Å²) in [6.07, 6.45) is 1.49. The third-order valence-electron chi connectivity index (χ3n) is 2.72. The van der Waals surface area contributed by atoms with Crippen molar-refractivity contribution in [1.82, 2.24) is 0 Å². The molecule has 1 aromatic carbocycles. The average Bonchev–Trinajstić information content (AvgIpc) is 2.48. The summed E-state index contributed by atoms with van der Waals surface area (Å²) < 4.78 is 10.3. The lowest BCUT2D eigenvalue weighted by Gasteiger charge is -2.08. The van der Waals surface area contributed by atoms with Crippen molar-refractivity contribution in [3.63, 3.8) is 0 Å². The quantitative estimate of drug-likeness (QED) is 0.532. The number of ether oxygens (including phenoxy) is 2. The molecule has 2 heterocycles. The van der Waals surface area contributed by atoms with Crippen LogP contribution in [0.3, 0.4) is 0 Å². The highest BCUT2D eigenvalue weighted by Gasteiger charge is 2.12. The molecule has 1 aromatic rings. The Hall–Kier alpha value is -1.92. The number of esters is 1. The maximum absolute atomic E-state index is 11.7. The Bertz CT molecular complexity index is 410. The molecule has 0 atom stereocenters. The first kappa shape index (κ1) is 14.5. The molecular formula is C14H16O6. The van der Waals surface area contributed by atoms with Crippen LogP contribution in [-0.2, 0) is 19.2 Å². The van der Waals surface area contributed by atoms with E-state index >= 15 is 0 Å². The summed E-state index contributed by atoms with van der Waals surface area (Å²) in [5.41, 5.74) is 0.687. The van der Waals surface area contributed by atoms with Crippen LogP contribution in [0.25, 0.3) is 0 Å². The van der Waals surface area contributed by atoms with Crippen molar-refractivity contribution in [1.29, 1.82) is 0 Å². The number of carbonyl (C=O) groups is 2. The molecule has 108 valence electrons. The van der Waals surface area contributed by atoms with Gasteiger partial charge < -0.3 is 9.47 Å². The number of fused-ring (bicyclic) bond motifs is 13. The van der Waals surface area contributed by atoms with Gasteiger partial charge in [0.15, 0.2) is 0 Å². The Morgan fingerprint density at radius 2 is 1.40 bits per heavy atom. The molecule has 2 aliphatic rings. The lowest BCUT2D eigenvalue weighted by molar-refractivity contribution is -0.241. The summed E-state index contributed by atoms with van der Waals surface area (Å²) in [7, 11) is 0. The number of hydrogen-bond donors (Lipinski definition) is 0. The summed E-state index contributed by atoms with van der Waals surface area (Å²) in [5.74, 6) is -1.04. The van der Waals surface area contributed by atoms with Crippen molar-refractivity contribution in [2.45, 2.75) is 12.8 Å². The number of hydrogen-bond acceptors (Lipinski definition) is 6. The van der Waals surface area contributed by atoms with E-state index < -0.39 is 11.9 Å². The predicted octanol–water partition coefficient (Wildman–Crippen LogP) is 1.74. The zero-order valence-electron chi connectivity index (χ0n) is 11.0. The Kier molecular flexibility index (Phi) is 5.52. The highest BCUT2D eigenvalue weighted by Crippen LogP contribution is 2.08. The molecule has 0 radical (unpaired) electrons. The van der Waals surface area contributed by atoms with E-state index in [1.807, 2.05) is 0 Å². The first-order valence-electron chi connectivity index (χ1n) is 6.46. The van der Waals surface area contributed by atoms with E-state index in [0.717, 1.165) is 6.42 Å². The molecule has 2 bridgehead atoms. The molecule has 20 heavy (non-hydrogen) atoms. The van der Waals surface area contributed by atoms with Gasteiger partial charge in [0.1, 0.15) is 6.61 Å². The fourth-order valence-corrected chi connectivity index (χ4v) is 1.63. The Morgan fingerprint density at radius 3 is 2.15 bits per heavy atom. The minimum absolute atomic E-state index is 0.207. The van der Waals surface area contributed by atoms with Crippen molar-refractivity contribution in [3.05, 3.63) is 35.4 Å².